The molecular weight excluding hydrogens is 332 g/mol. The minimum Gasteiger partial charge on any atom is -0.483 e. The highest BCUT2D eigenvalue weighted by Crippen LogP contribution is 2.31. The lowest BCUT2D eigenvalue weighted by Gasteiger charge is -2.09. The lowest BCUT2D eigenvalue weighted by atomic mass is 10.1. The summed E-state index contributed by atoms with van der Waals surface area (Å²) < 4.78 is 5.58. The van der Waals surface area contributed by atoms with Gasteiger partial charge in [0.1, 0.15) is 5.75 Å². The van der Waals surface area contributed by atoms with E-state index in [2.05, 4.69) is 10.5 Å². The van der Waals surface area contributed by atoms with E-state index in [1.54, 1.807) is 29.7 Å². The molecule has 0 aliphatic carbocycles. The predicted molar refractivity (Wildman–Crippen MR) is 94.5 cm³/mol. The second-order valence-corrected chi connectivity index (χ2v) is 6.07. The highest BCUT2D eigenvalue weighted by molar-refractivity contribution is 7.11. The van der Waals surface area contributed by atoms with Gasteiger partial charge < -0.3 is 4.74 Å². The minimum atomic E-state index is -0.322. The van der Waals surface area contributed by atoms with Crippen molar-refractivity contribution in [3.63, 3.8) is 0 Å². The number of halogens is 1. The van der Waals surface area contributed by atoms with E-state index in [4.69, 9.17) is 16.3 Å². The maximum Gasteiger partial charge on any atom is 0.277 e. The molecule has 6 heteroatoms. The van der Waals surface area contributed by atoms with Gasteiger partial charge in [-0.05, 0) is 23.6 Å². The molecule has 0 radical (unpaired) electrons. The Morgan fingerprint density at radius 3 is 2.78 bits per heavy atom. The number of thiophene rings is 1. The molecule has 0 spiro atoms. The third kappa shape index (κ3) is 3.88. The number of carbonyl (C=O) groups is 1. The van der Waals surface area contributed by atoms with E-state index in [0.717, 1.165) is 15.6 Å². The molecule has 3 aromatic rings. The van der Waals surface area contributed by atoms with Gasteiger partial charge in [-0.25, -0.2) is 5.43 Å². The van der Waals surface area contributed by atoms with E-state index in [-0.39, 0.29) is 12.5 Å². The van der Waals surface area contributed by atoms with Gasteiger partial charge in [-0.15, -0.1) is 11.3 Å². The van der Waals surface area contributed by atoms with Crippen molar-refractivity contribution in [2.24, 2.45) is 5.10 Å². The van der Waals surface area contributed by atoms with Crippen LogP contribution in [0.4, 0.5) is 0 Å². The number of hydrogen-bond donors (Lipinski definition) is 1. The third-order valence-corrected chi connectivity index (χ3v) is 4.25. The molecule has 116 valence electrons. The van der Waals surface area contributed by atoms with Crippen molar-refractivity contribution in [3.8, 4) is 5.75 Å². The maximum absolute atomic E-state index is 11.8. The lowest BCUT2D eigenvalue weighted by Crippen LogP contribution is -2.24. The first-order valence-corrected chi connectivity index (χ1v) is 8.15. The lowest BCUT2D eigenvalue weighted by molar-refractivity contribution is -0.123. The number of nitrogens with zero attached hydrogens (tertiary/aromatic N) is 1. The Balaban J connectivity index is 1.62. The van der Waals surface area contributed by atoms with Crippen LogP contribution in [0.1, 0.15) is 4.88 Å². The van der Waals surface area contributed by atoms with Gasteiger partial charge in [-0.2, -0.15) is 5.10 Å². The summed E-state index contributed by atoms with van der Waals surface area (Å²) in [5.41, 5.74) is 2.44. The fourth-order valence-electron chi connectivity index (χ4n) is 2.07. The monoisotopic (exact) mass is 344 g/mol. The number of hydrazone groups is 1. The normalized spacial score (nSPS) is 11.0. The largest absolute Gasteiger partial charge is 0.483 e. The standard InChI is InChI=1S/C17H13ClN2O2S/c18-15-7-8-16(14-6-2-1-5-13(14)15)22-11-17(21)20-19-10-12-4-3-9-23-12/h1-10H,11H2,(H,20,21)/b19-10+. The van der Waals surface area contributed by atoms with E-state index >= 15 is 0 Å². The summed E-state index contributed by atoms with van der Waals surface area (Å²) in [5, 5.41) is 8.24. The summed E-state index contributed by atoms with van der Waals surface area (Å²) in [6.45, 7) is -0.118. The van der Waals surface area contributed by atoms with Crippen molar-refractivity contribution < 1.29 is 9.53 Å². The van der Waals surface area contributed by atoms with Crippen LogP contribution in [0.25, 0.3) is 10.8 Å². The number of amides is 1. The van der Waals surface area contributed by atoms with Crippen LogP contribution < -0.4 is 10.2 Å². The van der Waals surface area contributed by atoms with Gasteiger partial charge in [0.25, 0.3) is 5.91 Å². The van der Waals surface area contributed by atoms with Gasteiger partial charge in [-0.1, -0.05) is 41.9 Å². The molecule has 0 fully saturated rings. The van der Waals surface area contributed by atoms with Crippen LogP contribution in [0.15, 0.2) is 59.0 Å². The topological polar surface area (TPSA) is 50.7 Å². The molecule has 1 amide bonds. The number of fused-ring (bicyclic) bond motifs is 1. The molecule has 2 aromatic carbocycles. The van der Waals surface area contributed by atoms with Gasteiger partial charge >= 0.3 is 0 Å². The molecule has 3 rings (SSSR count). The smallest absolute Gasteiger partial charge is 0.277 e. The molecule has 0 aliphatic rings. The van der Waals surface area contributed by atoms with Crippen molar-refractivity contribution in [1.82, 2.24) is 5.43 Å². The summed E-state index contributed by atoms with van der Waals surface area (Å²) in [4.78, 5) is 12.7. The Morgan fingerprint density at radius 1 is 1.17 bits per heavy atom. The second-order valence-electron chi connectivity index (χ2n) is 4.69. The maximum atomic E-state index is 11.8. The SMILES string of the molecule is O=C(COc1ccc(Cl)c2ccccc12)N/N=C/c1cccs1. The van der Waals surface area contributed by atoms with Crippen molar-refractivity contribution in [3.05, 3.63) is 63.8 Å². The summed E-state index contributed by atoms with van der Waals surface area (Å²) >= 11 is 7.70. The van der Waals surface area contributed by atoms with E-state index < -0.39 is 0 Å². The Kier molecular flexibility index (Phi) is 4.90. The quantitative estimate of drug-likeness (QED) is 0.560. The number of ether oxygens (including phenoxy) is 1. The molecule has 1 heterocycles. The summed E-state index contributed by atoms with van der Waals surface area (Å²) in [5.74, 6) is 0.291. The van der Waals surface area contributed by atoms with Gasteiger partial charge in [0, 0.05) is 20.7 Å². The van der Waals surface area contributed by atoms with Crippen LogP contribution in [-0.2, 0) is 4.79 Å². The zero-order chi connectivity index (χ0) is 16.1. The molecule has 0 bridgehead atoms. The molecule has 0 atom stereocenters. The highest BCUT2D eigenvalue weighted by Gasteiger charge is 2.07. The van der Waals surface area contributed by atoms with Gasteiger partial charge in [0.05, 0.1) is 6.21 Å². The Labute approximate surface area is 142 Å². The van der Waals surface area contributed by atoms with Gasteiger partial charge in [0.15, 0.2) is 6.61 Å². The molecule has 1 N–H and O–H groups in total. The van der Waals surface area contributed by atoms with Crippen LogP contribution in [0, 0.1) is 0 Å². The summed E-state index contributed by atoms with van der Waals surface area (Å²) in [6.07, 6.45) is 1.60. The highest BCUT2D eigenvalue weighted by atomic mass is 35.5. The molecular formula is C17H13ClN2O2S. The molecule has 1 aromatic heterocycles. The molecule has 23 heavy (non-hydrogen) atoms. The fraction of sp³-hybridized carbons (Fsp3) is 0.0588. The number of benzene rings is 2. The summed E-state index contributed by atoms with van der Waals surface area (Å²) in [7, 11) is 0. The molecule has 4 nitrogen and oxygen atoms in total. The molecule has 0 unspecified atom stereocenters. The zero-order valence-electron chi connectivity index (χ0n) is 12.0. The van der Waals surface area contributed by atoms with Crippen LogP contribution in [0.3, 0.4) is 0 Å². The van der Waals surface area contributed by atoms with Crippen molar-refractivity contribution in [2.75, 3.05) is 6.61 Å². The zero-order valence-corrected chi connectivity index (χ0v) is 13.6. The van der Waals surface area contributed by atoms with Crippen molar-refractivity contribution in [1.29, 1.82) is 0 Å². The molecule has 0 aliphatic heterocycles. The second kappa shape index (κ2) is 7.26. The van der Waals surface area contributed by atoms with Crippen molar-refractivity contribution >= 4 is 45.8 Å². The first kappa shape index (κ1) is 15.5. The predicted octanol–water partition coefficient (Wildman–Crippen LogP) is 4.08. The average Bonchev–Trinajstić information content (AvgIpc) is 3.08. The fourth-order valence-corrected chi connectivity index (χ4v) is 2.88. The van der Waals surface area contributed by atoms with Crippen molar-refractivity contribution in [2.45, 2.75) is 0 Å². The third-order valence-electron chi connectivity index (χ3n) is 3.11. The average molecular weight is 345 g/mol. The minimum absolute atomic E-state index is 0.118. The van der Waals surface area contributed by atoms with Gasteiger partial charge in [0.2, 0.25) is 0 Å². The van der Waals surface area contributed by atoms with Gasteiger partial charge in [-0.3, -0.25) is 4.79 Å². The van der Waals surface area contributed by atoms with E-state index in [1.807, 2.05) is 41.8 Å². The Bertz CT molecular complexity index is 847. The first-order chi connectivity index (χ1) is 11.2. The van der Waals surface area contributed by atoms with Crippen LogP contribution in [0.2, 0.25) is 5.02 Å². The summed E-state index contributed by atoms with van der Waals surface area (Å²) in [6, 6.07) is 15.0. The van der Waals surface area contributed by atoms with Crippen LogP contribution in [0.5, 0.6) is 5.75 Å². The number of hydrogen-bond acceptors (Lipinski definition) is 4. The Morgan fingerprint density at radius 2 is 2.00 bits per heavy atom. The van der Waals surface area contributed by atoms with E-state index in [1.165, 1.54) is 0 Å². The molecule has 0 saturated heterocycles. The Hall–Kier alpha value is -2.37. The number of carbonyl (C=O) groups excluding carboxylic acids is 1. The van der Waals surface area contributed by atoms with E-state index in [9.17, 15) is 4.79 Å². The van der Waals surface area contributed by atoms with Crippen LogP contribution >= 0.6 is 22.9 Å². The van der Waals surface area contributed by atoms with Crippen LogP contribution in [-0.4, -0.2) is 18.7 Å². The first-order valence-electron chi connectivity index (χ1n) is 6.89. The number of rotatable bonds is 5. The molecule has 0 saturated carbocycles. The van der Waals surface area contributed by atoms with E-state index in [0.29, 0.717) is 10.8 Å². The number of nitrogens with one attached hydrogen (secondary N) is 1.